The lowest BCUT2D eigenvalue weighted by Gasteiger charge is -2.07. The molecule has 2 aromatic rings. The molecule has 0 aliphatic rings. The van der Waals surface area contributed by atoms with Crippen molar-refractivity contribution in [3.8, 4) is 11.5 Å². The van der Waals surface area contributed by atoms with Gasteiger partial charge in [0.1, 0.15) is 18.1 Å². The SMILES string of the molecule is COc1ccc(OCc2cncc(C(=O)O)c2)cc1. The van der Waals surface area contributed by atoms with Gasteiger partial charge >= 0.3 is 5.97 Å². The highest BCUT2D eigenvalue weighted by Crippen LogP contribution is 2.18. The number of hydrogen-bond donors (Lipinski definition) is 1. The fourth-order valence-electron chi connectivity index (χ4n) is 1.52. The zero-order valence-electron chi connectivity index (χ0n) is 10.4. The first-order chi connectivity index (χ1) is 9.19. The number of aromatic carboxylic acids is 1. The van der Waals surface area contributed by atoms with Crippen molar-refractivity contribution in [1.29, 1.82) is 0 Å². The Morgan fingerprint density at radius 2 is 1.89 bits per heavy atom. The van der Waals surface area contributed by atoms with E-state index < -0.39 is 5.97 Å². The lowest BCUT2D eigenvalue weighted by atomic mass is 10.2. The molecule has 0 unspecified atom stereocenters. The minimum atomic E-state index is -1.00. The summed E-state index contributed by atoms with van der Waals surface area (Å²) < 4.78 is 10.6. The van der Waals surface area contributed by atoms with Gasteiger partial charge in [0.2, 0.25) is 0 Å². The Balaban J connectivity index is 2.01. The smallest absolute Gasteiger partial charge is 0.337 e. The maximum absolute atomic E-state index is 10.8. The third kappa shape index (κ3) is 3.45. The van der Waals surface area contributed by atoms with Crippen LogP contribution < -0.4 is 9.47 Å². The van der Waals surface area contributed by atoms with Crippen molar-refractivity contribution in [2.24, 2.45) is 0 Å². The predicted octanol–water partition coefficient (Wildman–Crippen LogP) is 2.37. The molecule has 0 aliphatic carbocycles. The molecule has 1 heterocycles. The van der Waals surface area contributed by atoms with Gasteiger partial charge in [-0.05, 0) is 30.3 Å². The van der Waals surface area contributed by atoms with E-state index in [2.05, 4.69) is 4.98 Å². The van der Waals surface area contributed by atoms with Crippen molar-refractivity contribution in [3.05, 3.63) is 53.9 Å². The minimum Gasteiger partial charge on any atom is -0.497 e. The Morgan fingerprint density at radius 3 is 2.53 bits per heavy atom. The number of ether oxygens (including phenoxy) is 2. The molecule has 0 amide bonds. The van der Waals surface area contributed by atoms with Gasteiger partial charge in [-0.25, -0.2) is 4.79 Å². The van der Waals surface area contributed by atoms with Crippen LogP contribution in [0, 0.1) is 0 Å². The van der Waals surface area contributed by atoms with Crippen LogP contribution in [-0.2, 0) is 6.61 Å². The second kappa shape index (κ2) is 5.86. The molecule has 0 bridgehead atoms. The zero-order valence-corrected chi connectivity index (χ0v) is 10.4. The van der Waals surface area contributed by atoms with Gasteiger partial charge in [0, 0.05) is 18.0 Å². The summed E-state index contributed by atoms with van der Waals surface area (Å²) in [6, 6.07) is 8.70. The summed E-state index contributed by atoms with van der Waals surface area (Å²) in [7, 11) is 1.60. The Morgan fingerprint density at radius 1 is 1.21 bits per heavy atom. The maximum Gasteiger partial charge on any atom is 0.337 e. The van der Waals surface area contributed by atoms with Crippen LogP contribution in [0.3, 0.4) is 0 Å². The predicted molar refractivity (Wildman–Crippen MR) is 68.5 cm³/mol. The molecule has 1 aromatic heterocycles. The van der Waals surface area contributed by atoms with Gasteiger partial charge in [0.25, 0.3) is 0 Å². The molecule has 0 spiro atoms. The summed E-state index contributed by atoms with van der Waals surface area (Å²) in [5.74, 6) is 0.433. The molecule has 0 saturated carbocycles. The summed E-state index contributed by atoms with van der Waals surface area (Å²) in [4.78, 5) is 14.7. The lowest BCUT2D eigenvalue weighted by Crippen LogP contribution is -2.01. The van der Waals surface area contributed by atoms with Crippen LogP contribution in [0.4, 0.5) is 0 Å². The average Bonchev–Trinajstić information content (AvgIpc) is 2.46. The third-order valence-electron chi connectivity index (χ3n) is 2.51. The van der Waals surface area contributed by atoms with E-state index in [0.717, 1.165) is 5.75 Å². The van der Waals surface area contributed by atoms with Crippen LogP contribution in [0.5, 0.6) is 11.5 Å². The highest BCUT2D eigenvalue weighted by molar-refractivity contribution is 5.87. The molecule has 1 N–H and O–H groups in total. The molecule has 5 heteroatoms. The van der Waals surface area contributed by atoms with E-state index in [1.54, 1.807) is 43.6 Å². The number of aromatic nitrogens is 1. The van der Waals surface area contributed by atoms with E-state index in [1.807, 2.05) is 0 Å². The fourth-order valence-corrected chi connectivity index (χ4v) is 1.52. The molecular weight excluding hydrogens is 246 g/mol. The number of benzene rings is 1. The number of carbonyl (C=O) groups is 1. The number of carboxylic acids is 1. The summed E-state index contributed by atoms with van der Waals surface area (Å²) in [5.41, 5.74) is 0.853. The third-order valence-corrected chi connectivity index (χ3v) is 2.51. The van der Waals surface area contributed by atoms with Crippen LogP contribution in [0.25, 0.3) is 0 Å². The number of rotatable bonds is 5. The number of methoxy groups -OCH3 is 1. The van der Waals surface area contributed by atoms with E-state index in [-0.39, 0.29) is 12.2 Å². The normalized spacial score (nSPS) is 9.95. The molecule has 1 aromatic carbocycles. The van der Waals surface area contributed by atoms with Crippen LogP contribution >= 0.6 is 0 Å². The molecule has 0 radical (unpaired) electrons. The average molecular weight is 259 g/mol. The van der Waals surface area contributed by atoms with Gasteiger partial charge in [0.05, 0.1) is 12.7 Å². The number of hydrogen-bond acceptors (Lipinski definition) is 4. The quantitative estimate of drug-likeness (QED) is 0.892. The van der Waals surface area contributed by atoms with E-state index in [9.17, 15) is 4.79 Å². The Hall–Kier alpha value is -2.56. The molecule has 98 valence electrons. The number of carboxylic acid groups (broad SMARTS) is 1. The molecule has 19 heavy (non-hydrogen) atoms. The van der Waals surface area contributed by atoms with Gasteiger partial charge in [-0.15, -0.1) is 0 Å². The van der Waals surface area contributed by atoms with E-state index in [4.69, 9.17) is 14.6 Å². The molecule has 0 atom stereocenters. The zero-order chi connectivity index (χ0) is 13.7. The molecule has 0 fully saturated rings. The van der Waals surface area contributed by atoms with Gasteiger partial charge in [-0.3, -0.25) is 4.98 Å². The van der Waals surface area contributed by atoms with Gasteiger partial charge in [0.15, 0.2) is 0 Å². The molecule has 0 aliphatic heterocycles. The summed E-state index contributed by atoms with van der Waals surface area (Å²) >= 11 is 0. The highest BCUT2D eigenvalue weighted by atomic mass is 16.5. The van der Waals surface area contributed by atoms with Gasteiger partial charge in [-0.1, -0.05) is 0 Å². The number of nitrogens with zero attached hydrogens (tertiary/aromatic N) is 1. The highest BCUT2D eigenvalue weighted by Gasteiger charge is 2.04. The number of pyridine rings is 1. The van der Waals surface area contributed by atoms with Gasteiger partial charge in [-0.2, -0.15) is 0 Å². The van der Waals surface area contributed by atoms with Crippen molar-refractivity contribution < 1.29 is 19.4 Å². The van der Waals surface area contributed by atoms with Crippen molar-refractivity contribution in [1.82, 2.24) is 4.98 Å². The van der Waals surface area contributed by atoms with Crippen molar-refractivity contribution in [3.63, 3.8) is 0 Å². The van der Waals surface area contributed by atoms with Crippen LogP contribution in [0.1, 0.15) is 15.9 Å². The van der Waals surface area contributed by atoms with Gasteiger partial charge < -0.3 is 14.6 Å². The molecule has 0 saturated heterocycles. The largest absolute Gasteiger partial charge is 0.497 e. The van der Waals surface area contributed by atoms with Crippen molar-refractivity contribution in [2.45, 2.75) is 6.61 Å². The molecule has 5 nitrogen and oxygen atoms in total. The Labute approximate surface area is 110 Å². The second-order valence-corrected chi connectivity index (χ2v) is 3.85. The van der Waals surface area contributed by atoms with E-state index in [1.165, 1.54) is 6.20 Å². The minimum absolute atomic E-state index is 0.149. The summed E-state index contributed by atoms with van der Waals surface area (Å²) in [6.45, 7) is 0.264. The summed E-state index contributed by atoms with van der Waals surface area (Å²) in [5, 5.41) is 8.86. The Bertz CT molecular complexity index is 566. The van der Waals surface area contributed by atoms with E-state index in [0.29, 0.717) is 11.3 Å². The van der Waals surface area contributed by atoms with Crippen LogP contribution in [0.15, 0.2) is 42.7 Å². The van der Waals surface area contributed by atoms with Crippen molar-refractivity contribution in [2.75, 3.05) is 7.11 Å². The topological polar surface area (TPSA) is 68.7 Å². The van der Waals surface area contributed by atoms with Crippen LogP contribution in [0.2, 0.25) is 0 Å². The summed E-state index contributed by atoms with van der Waals surface area (Å²) in [6.07, 6.45) is 2.88. The standard InChI is InChI=1S/C14H13NO4/c1-18-12-2-4-13(5-3-12)19-9-10-6-11(14(16)17)8-15-7-10/h2-8H,9H2,1H3,(H,16,17). The molecule has 2 rings (SSSR count). The monoisotopic (exact) mass is 259 g/mol. The Kier molecular flexibility index (Phi) is 3.97. The molecular formula is C14H13NO4. The fraction of sp³-hybridized carbons (Fsp3) is 0.143. The van der Waals surface area contributed by atoms with Crippen molar-refractivity contribution >= 4 is 5.97 Å². The maximum atomic E-state index is 10.8. The van der Waals surface area contributed by atoms with Crippen LogP contribution in [-0.4, -0.2) is 23.2 Å². The van der Waals surface area contributed by atoms with E-state index >= 15 is 0 Å². The first kappa shape index (κ1) is 12.9. The lowest BCUT2D eigenvalue weighted by molar-refractivity contribution is 0.0696. The first-order valence-electron chi connectivity index (χ1n) is 5.63. The first-order valence-corrected chi connectivity index (χ1v) is 5.63. The second-order valence-electron chi connectivity index (χ2n) is 3.85.